The molecular weight excluding hydrogens is 204 g/mol. The van der Waals surface area contributed by atoms with Crippen molar-refractivity contribution in [1.82, 2.24) is 5.32 Å². The van der Waals surface area contributed by atoms with E-state index < -0.39 is 9.84 Å². The molecule has 0 saturated carbocycles. The molecular formula is C8H18N2O3S. The minimum atomic E-state index is -2.92. The summed E-state index contributed by atoms with van der Waals surface area (Å²) < 4.78 is 22.1. The molecule has 0 rings (SSSR count). The number of amides is 1. The van der Waals surface area contributed by atoms with E-state index in [1.165, 1.54) is 0 Å². The summed E-state index contributed by atoms with van der Waals surface area (Å²) in [6.45, 7) is 4.10. The highest BCUT2D eigenvalue weighted by atomic mass is 32.2. The van der Waals surface area contributed by atoms with Crippen LogP contribution in [0, 0.1) is 5.92 Å². The highest BCUT2D eigenvalue weighted by Crippen LogP contribution is 1.90. The highest BCUT2D eigenvalue weighted by molar-refractivity contribution is 7.91. The van der Waals surface area contributed by atoms with Gasteiger partial charge in [0, 0.05) is 24.8 Å². The molecule has 84 valence electrons. The van der Waals surface area contributed by atoms with Gasteiger partial charge in [-0.05, 0) is 0 Å². The Labute approximate surface area is 85.0 Å². The first kappa shape index (κ1) is 13.4. The Morgan fingerprint density at radius 3 is 2.50 bits per heavy atom. The predicted octanol–water partition coefficient (Wildman–Crippen LogP) is -0.868. The van der Waals surface area contributed by atoms with Crippen molar-refractivity contribution in [2.24, 2.45) is 11.7 Å². The van der Waals surface area contributed by atoms with Crippen molar-refractivity contribution < 1.29 is 13.2 Å². The molecule has 3 N–H and O–H groups in total. The van der Waals surface area contributed by atoms with Gasteiger partial charge in [-0.1, -0.05) is 13.8 Å². The molecule has 0 saturated heterocycles. The molecule has 0 aromatic rings. The van der Waals surface area contributed by atoms with E-state index in [2.05, 4.69) is 5.32 Å². The Kier molecular flexibility index (Phi) is 5.71. The number of hydrogen-bond acceptors (Lipinski definition) is 4. The molecule has 0 aliphatic rings. The summed E-state index contributed by atoms with van der Waals surface area (Å²) in [5, 5.41) is 2.88. The maximum absolute atomic E-state index is 11.0. The largest absolute Gasteiger partial charge is 0.369 e. The van der Waals surface area contributed by atoms with Crippen LogP contribution in [0.25, 0.3) is 0 Å². The van der Waals surface area contributed by atoms with E-state index in [4.69, 9.17) is 5.73 Å². The second kappa shape index (κ2) is 5.98. The number of nitrogens with two attached hydrogens (primary N) is 1. The van der Waals surface area contributed by atoms with Crippen molar-refractivity contribution in [3.05, 3.63) is 0 Å². The van der Waals surface area contributed by atoms with Crippen LogP contribution in [0.15, 0.2) is 0 Å². The third-order valence-corrected chi connectivity index (χ3v) is 3.67. The lowest BCUT2D eigenvalue weighted by Gasteiger charge is -2.08. The molecule has 0 aliphatic carbocycles. The van der Waals surface area contributed by atoms with Gasteiger partial charge in [-0.15, -0.1) is 0 Å². The van der Waals surface area contributed by atoms with Gasteiger partial charge in [-0.2, -0.15) is 0 Å². The first-order chi connectivity index (χ1) is 6.39. The van der Waals surface area contributed by atoms with Gasteiger partial charge < -0.3 is 11.1 Å². The molecule has 0 fully saturated rings. The van der Waals surface area contributed by atoms with E-state index in [1.54, 1.807) is 13.8 Å². The molecule has 6 heteroatoms. The molecule has 0 bridgehead atoms. The Bertz CT molecular complexity index is 274. The average Bonchev–Trinajstić information content (AvgIpc) is 2.12. The normalized spacial score (nSPS) is 13.9. The average molecular weight is 222 g/mol. The van der Waals surface area contributed by atoms with Crippen molar-refractivity contribution in [3.63, 3.8) is 0 Å². The predicted molar refractivity (Wildman–Crippen MR) is 55.6 cm³/mol. The van der Waals surface area contributed by atoms with E-state index in [0.717, 1.165) is 0 Å². The summed E-state index contributed by atoms with van der Waals surface area (Å²) in [5.74, 6) is -0.384. The zero-order chi connectivity index (χ0) is 11.2. The molecule has 0 aliphatic heterocycles. The molecule has 0 aromatic carbocycles. The number of carbonyl (C=O) groups excluding carboxylic acids is 1. The summed E-state index contributed by atoms with van der Waals surface area (Å²) in [6.07, 6.45) is 0. The zero-order valence-corrected chi connectivity index (χ0v) is 9.43. The Balaban J connectivity index is 3.62. The van der Waals surface area contributed by atoms with Gasteiger partial charge in [0.1, 0.15) is 0 Å². The van der Waals surface area contributed by atoms with Crippen molar-refractivity contribution in [2.75, 3.05) is 24.6 Å². The summed E-state index contributed by atoms with van der Waals surface area (Å²) >= 11 is 0. The van der Waals surface area contributed by atoms with E-state index in [-0.39, 0.29) is 23.3 Å². The lowest BCUT2D eigenvalue weighted by Crippen LogP contribution is -2.33. The van der Waals surface area contributed by atoms with E-state index in [1.807, 2.05) is 0 Å². The molecule has 1 unspecified atom stereocenters. The standard InChI is InChI=1S/C8H18N2O3S/c1-3-14(12,13)5-4-10-6-7(2)8(9)11/h7,10H,3-6H2,1-2H3,(H2,9,11). The van der Waals surface area contributed by atoms with Gasteiger partial charge in [0.05, 0.1) is 5.75 Å². The van der Waals surface area contributed by atoms with Crippen LogP contribution in [0.3, 0.4) is 0 Å². The molecule has 0 aromatic heterocycles. The van der Waals surface area contributed by atoms with Crippen molar-refractivity contribution >= 4 is 15.7 Å². The SMILES string of the molecule is CCS(=O)(=O)CCNCC(C)C(N)=O. The van der Waals surface area contributed by atoms with Gasteiger partial charge in [0.25, 0.3) is 0 Å². The number of hydrogen-bond donors (Lipinski definition) is 2. The van der Waals surface area contributed by atoms with Gasteiger partial charge in [0.15, 0.2) is 9.84 Å². The molecule has 0 heterocycles. The second-order valence-corrected chi connectivity index (χ2v) is 5.72. The van der Waals surface area contributed by atoms with Crippen LogP contribution in [0.4, 0.5) is 0 Å². The number of rotatable bonds is 7. The van der Waals surface area contributed by atoms with Crippen molar-refractivity contribution in [1.29, 1.82) is 0 Å². The first-order valence-corrected chi connectivity index (χ1v) is 6.41. The lowest BCUT2D eigenvalue weighted by atomic mass is 10.2. The van der Waals surface area contributed by atoms with Crippen LogP contribution in [0.2, 0.25) is 0 Å². The van der Waals surface area contributed by atoms with Gasteiger partial charge in [-0.3, -0.25) is 4.79 Å². The summed E-state index contributed by atoms with van der Waals surface area (Å²) in [7, 11) is -2.92. The van der Waals surface area contributed by atoms with E-state index >= 15 is 0 Å². The summed E-state index contributed by atoms with van der Waals surface area (Å²) in [4.78, 5) is 10.6. The quantitative estimate of drug-likeness (QED) is 0.548. The summed E-state index contributed by atoms with van der Waals surface area (Å²) in [5.41, 5.74) is 5.03. The van der Waals surface area contributed by atoms with E-state index in [0.29, 0.717) is 13.1 Å². The smallest absolute Gasteiger partial charge is 0.221 e. The van der Waals surface area contributed by atoms with Crippen molar-refractivity contribution in [3.8, 4) is 0 Å². The molecule has 14 heavy (non-hydrogen) atoms. The Morgan fingerprint density at radius 1 is 1.50 bits per heavy atom. The fraction of sp³-hybridized carbons (Fsp3) is 0.875. The molecule has 0 spiro atoms. The topological polar surface area (TPSA) is 89.3 Å². The van der Waals surface area contributed by atoms with Crippen LogP contribution >= 0.6 is 0 Å². The fourth-order valence-electron chi connectivity index (χ4n) is 0.791. The molecule has 5 nitrogen and oxygen atoms in total. The van der Waals surface area contributed by atoms with E-state index in [9.17, 15) is 13.2 Å². The third kappa shape index (κ3) is 5.93. The number of nitrogens with one attached hydrogen (secondary N) is 1. The first-order valence-electron chi connectivity index (χ1n) is 4.59. The van der Waals surface area contributed by atoms with Crippen molar-refractivity contribution in [2.45, 2.75) is 13.8 Å². The Morgan fingerprint density at radius 2 is 2.07 bits per heavy atom. The number of primary amides is 1. The second-order valence-electron chi connectivity index (χ2n) is 3.24. The maximum atomic E-state index is 11.0. The van der Waals surface area contributed by atoms with Gasteiger partial charge in [-0.25, -0.2) is 8.42 Å². The van der Waals surface area contributed by atoms with Crippen LogP contribution in [0.5, 0.6) is 0 Å². The minimum absolute atomic E-state index is 0.106. The molecule has 1 atom stereocenters. The number of carbonyl (C=O) groups is 1. The number of sulfone groups is 1. The van der Waals surface area contributed by atoms with Crippen LogP contribution in [-0.2, 0) is 14.6 Å². The fourth-order valence-corrected chi connectivity index (χ4v) is 1.54. The highest BCUT2D eigenvalue weighted by Gasteiger charge is 2.09. The van der Waals surface area contributed by atoms with Crippen LogP contribution in [-0.4, -0.2) is 38.9 Å². The van der Waals surface area contributed by atoms with Crippen LogP contribution in [0.1, 0.15) is 13.8 Å². The lowest BCUT2D eigenvalue weighted by molar-refractivity contribution is -0.121. The molecule has 1 amide bonds. The van der Waals surface area contributed by atoms with Crippen LogP contribution < -0.4 is 11.1 Å². The zero-order valence-electron chi connectivity index (χ0n) is 8.62. The minimum Gasteiger partial charge on any atom is -0.369 e. The maximum Gasteiger partial charge on any atom is 0.221 e. The molecule has 0 radical (unpaired) electrons. The Hall–Kier alpha value is -0.620. The van der Waals surface area contributed by atoms with Gasteiger partial charge >= 0.3 is 0 Å². The monoisotopic (exact) mass is 222 g/mol. The third-order valence-electron chi connectivity index (χ3n) is 1.97. The summed E-state index contributed by atoms with van der Waals surface area (Å²) in [6, 6.07) is 0. The van der Waals surface area contributed by atoms with Gasteiger partial charge in [0.2, 0.25) is 5.91 Å².